The van der Waals surface area contributed by atoms with Gasteiger partial charge in [0.2, 0.25) is 0 Å². The minimum Gasteiger partial charge on any atom is -0.382 e. The summed E-state index contributed by atoms with van der Waals surface area (Å²) in [5, 5.41) is 10.6. The fourth-order valence-electron chi connectivity index (χ4n) is 1.28. The van der Waals surface area contributed by atoms with Gasteiger partial charge in [-0.05, 0) is 29.8 Å². The predicted octanol–water partition coefficient (Wildman–Crippen LogP) is 1.81. The lowest BCUT2D eigenvalue weighted by molar-refractivity contribution is 0.626. The smallest absolute Gasteiger partial charge is 0.149 e. The third-order valence-corrected chi connectivity index (χ3v) is 2.05. The third kappa shape index (κ3) is 2.66. The molecule has 0 radical (unpaired) electrons. The molecule has 0 saturated heterocycles. The number of hydrogen-bond donors (Lipinski definition) is 2. The molecule has 82 valence electrons. The van der Waals surface area contributed by atoms with Crippen molar-refractivity contribution in [1.29, 1.82) is 0 Å². The first kappa shape index (κ1) is 10.4. The minimum atomic E-state index is -0.248. The number of hydrogen-bond acceptors (Lipinski definition) is 4. The Morgan fingerprint density at radius 3 is 2.75 bits per heavy atom. The van der Waals surface area contributed by atoms with E-state index >= 15 is 0 Å². The van der Waals surface area contributed by atoms with Crippen LogP contribution in [0.4, 0.5) is 16.0 Å². The van der Waals surface area contributed by atoms with E-state index in [1.54, 1.807) is 18.2 Å². The Bertz CT molecular complexity index is 470. The highest BCUT2D eigenvalue weighted by Crippen LogP contribution is 2.07. The zero-order valence-corrected chi connectivity index (χ0v) is 8.52. The monoisotopic (exact) mass is 218 g/mol. The number of aromatic nitrogens is 2. The highest BCUT2D eigenvalue weighted by atomic mass is 19.1. The van der Waals surface area contributed by atoms with Crippen molar-refractivity contribution in [2.75, 3.05) is 11.1 Å². The largest absolute Gasteiger partial charge is 0.382 e. The molecule has 0 fully saturated rings. The van der Waals surface area contributed by atoms with E-state index in [2.05, 4.69) is 15.5 Å². The van der Waals surface area contributed by atoms with Crippen LogP contribution in [0.25, 0.3) is 0 Å². The highest BCUT2D eigenvalue weighted by molar-refractivity contribution is 5.39. The normalized spacial score (nSPS) is 10.1. The summed E-state index contributed by atoms with van der Waals surface area (Å²) in [7, 11) is 0. The first-order chi connectivity index (χ1) is 7.74. The highest BCUT2D eigenvalue weighted by Gasteiger charge is 1.97. The van der Waals surface area contributed by atoms with Gasteiger partial charge in [-0.25, -0.2) is 4.39 Å². The molecule has 2 aromatic rings. The van der Waals surface area contributed by atoms with Crippen molar-refractivity contribution in [2.24, 2.45) is 0 Å². The van der Waals surface area contributed by atoms with Gasteiger partial charge in [0, 0.05) is 6.54 Å². The summed E-state index contributed by atoms with van der Waals surface area (Å²) >= 11 is 0. The van der Waals surface area contributed by atoms with Crippen molar-refractivity contribution in [3.8, 4) is 0 Å². The van der Waals surface area contributed by atoms with Gasteiger partial charge in [0.05, 0.1) is 0 Å². The Hall–Kier alpha value is -2.17. The zero-order chi connectivity index (χ0) is 11.4. The van der Waals surface area contributed by atoms with E-state index in [4.69, 9.17) is 5.73 Å². The number of nitrogen functional groups attached to an aromatic ring is 1. The molecule has 0 saturated carbocycles. The minimum absolute atomic E-state index is 0.248. The van der Waals surface area contributed by atoms with Gasteiger partial charge in [-0.3, -0.25) is 0 Å². The van der Waals surface area contributed by atoms with Gasteiger partial charge in [-0.15, -0.1) is 10.2 Å². The maximum Gasteiger partial charge on any atom is 0.149 e. The Kier molecular flexibility index (Phi) is 2.95. The molecule has 0 aliphatic heterocycles. The summed E-state index contributed by atoms with van der Waals surface area (Å²) in [6.45, 7) is 0.496. The van der Waals surface area contributed by atoms with Crippen LogP contribution in [0.3, 0.4) is 0 Å². The van der Waals surface area contributed by atoms with E-state index < -0.39 is 0 Å². The molecule has 1 heterocycles. The van der Waals surface area contributed by atoms with Gasteiger partial charge in [0.1, 0.15) is 17.5 Å². The molecule has 0 bridgehead atoms. The molecular formula is C11H11FN4. The van der Waals surface area contributed by atoms with Gasteiger partial charge in [-0.2, -0.15) is 0 Å². The van der Waals surface area contributed by atoms with E-state index in [-0.39, 0.29) is 5.82 Å². The zero-order valence-electron chi connectivity index (χ0n) is 8.52. The summed E-state index contributed by atoms with van der Waals surface area (Å²) in [4.78, 5) is 0. The molecular weight excluding hydrogens is 207 g/mol. The van der Waals surface area contributed by atoms with Crippen molar-refractivity contribution in [3.05, 3.63) is 47.8 Å². The molecule has 1 aromatic heterocycles. The van der Waals surface area contributed by atoms with Crippen LogP contribution in [0.5, 0.6) is 0 Å². The third-order valence-electron chi connectivity index (χ3n) is 2.05. The average Bonchev–Trinajstić information content (AvgIpc) is 2.28. The maximum atomic E-state index is 12.9. The van der Waals surface area contributed by atoms with Crippen LogP contribution in [-0.2, 0) is 6.54 Å². The molecule has 0 aliphatic rings. The van der Waals surface area contributed by atoms with Crippen LogP contribution < -0.4 is 11.1 Å². The number of nitrogens with one attached hydrogen (secondary N) is 1. The lowest BCUT2D eigenvalue weighted by Crippen LogP contribution is -2.03. The lowest BCUT2D eigenvalue weighted by Gasteiger charge is -2.04. The van der Waals surface area contributed by atoms with Gasteiger partial charge in [-0.1, -0.05) is 12.1 Å². The maximum absolute atomic E-state index is 12.9. The summed E-state index contributed by atoms with van der Waals surface area (Å²) in [6, 6.07) is 9.76. The molecule has 3 N–H and O–H groups in total. The summed E-state index contributed by atoms with van der Waals surface area (Å²) < 4.78 is 12.9. The molecule has 0 unspecified atom stereocenters. The van der Waals surface area contributed by atoms with E-state index in [1.807, 2.05) is 6.07 Å². The second-order valence-corrected chi connectivity index (χ2v) is 3.33. The topological polar surface area (TPSA) is 63.8 Å². The molecule has 4 nitrogen and oxygen atoms in total. The van der Waals surface area contributed by atoms with Crippen molar-refractivity contribution < 1.29 is 4.39 Å². The lowest BCUT2D eigenvalue weighted by atomic mass is 10.2. The molecule has 2 rings (SSSR count). The molecule has 0 amide bonds. The summed E-state index contributed by atoms with van der Waals surface area (Å²) in [6.07, 6.45) is 0. The van der Waals surface area contributed by atoms with Gasteiger partial charge >= 0.3 is 0 Å². The molecule has 0 spiro atoms. The molecule has 5 heteroatoms. The SMILES string of the molecule is Nc1ccc(NCc2cccc(F)c2)nn1. The fraction of sp³-hybridized carbons (Fsp3) is 0.0909. The van der Waals surface area contributed by atoms with Crippen LogP contribution in [0.15, 0.2) is 36.4 Å². The van der Waals surface area contributed by atoms with Crippen LogP contribution in [-0.4, -0.2) is 10.2 Å². The molecule has 1 aromatic carbocycles. The standard InChI is InChI=1S/C11H11FN4/c12-9-3-1-2-8(6-9)7-14-11-5-4-10(13)15-16-11/h1-6H,7H2,(H2,13,15)(H,14,16). The molecule has 0 atom stereocenters. The van der Waals surface area contributed by atoms with Gasteiger partial charge in [0.15, 0.2) is 0 Å². The molecule has 0 aliphatic carbocycles. The number of rotatable bonds is 3. The van der Waals surface area contributed by atoms with Crippen LogP contribution in [0.1, 0.15) is 5.56 Å². The quantitative estimate of drug-likeness (QED) is 0.824. The average molecular weight is 218 g/mol. The fourth-order valence-corrected chi connectivity index (χ4v) is 1.28. The van der Waals surface area contributed by atoms with Gasteiger partial charge in [0.25, 0.3) is 0 Å². The van der Waals surface area contributed by atoms with Crippen LogP contribution in [0.2, 0.25) is 0 Å². The van der Waals surface area contributed by atoms with Crippen molar-refractivity contribution in [1.82, 2.24) is 10.2 Å². The first-order valence-electron chi connectivity index (χ1n) is 4.81. The second kappa shape index (κ2) is 4.57. The number of halogens is 1. The molecule has 16 heavy (non-hydrogen) atoms. The Balaban J connectivity index is 1.99. The number of nitrogens with two attached hydrogens (primary N) is 1. The summed E-state index contributed by atoms with van der Waals surface area (Å²) in [5.41, 5.74) is 6.25. The van der Waals surface area contributed by atoms with Gasteiger partial charge < -0.3 is 11.1 Å². The van der Waals surface area contributed by atoms with E-state index in [0.717, 1.165) is 5.56 Å². The van der Waals surface area contributed by atoms with E-state index in [0.29, 0.717) is 18.2 Å². The van der Waals surface area contributed by atoms with E-state index in [1.165, 1.54) is 12.1 Å². The number of benzene rings is 1. The van der Waals surface area contributed by atoms with Crippen LogP contribution >= 0.6 is 0 Å². The van der Waals surface area contributed by atoms with Crippen molar-refractivity contribution in [2.45, 2.75) is 6.54 Å². The first-order valence-corrected chi connectivity index (χ1v) is 4.81. The Morgan fingerprint density at radius 1 is 1.19 bits per heavy atom. The van der Waals surface area contributed by atoms with Crippen LogP contribution in [0, 0.1) is 5.82 Å². The predicted molar refractivity (Wildman–Crippen MR) is 60.2 cm³/mol. The number of anilines is 2. The van der Waals surface area contributed by atoms with E-state index in [9.17, 15) is 4.39 Å². The second-order valence-electron chi connectivity index (χ2n) is 3.33. The van der Waals surface area contributed by atoms with Crippen molar-refractivity contribution >= 4 is 11.6 Å². The Labute approximate surface area is 92.3 Å². The summed E-state index contributed by atoms with van der Waals surface area (Å²) in [5.74, 6) is 0.734. The Morgan fingerprint density at radius 2 is 2.06 bits per heavy atom. The number of nitrogens with zero attached hydrogens (tertiary/aromatic N) is 2. The van der Waals surface area contributed by atoms with Crippen molar-refractivity contribution in [3.63, 3.8) is 0 Å².